The number of urea groups is 1. The fraction of sp³-hybridized carbons (Fsp3) is 0.667. The van der Waals surface area contributed by atoms with Gasteiger partial charge in [0.1, 0.15) is 11.6 Å². The van der Waals surface area contributed by atoms with Crippen LogP contribution in [0.4, 0.5) is 9.59 Å². The van der Waals surface area contributed by atoms with Gasteiger partial charge in [0, 0.05) is 30.4 Å². The SMILES string of the molecule is CC(C)(C)c1csc(CNC(=O)N2CCN3C(=O)OC[C@@H]3C2)n1. The highest BCUT2D eigenvalue weighted by atomic mass is 32.1. The lowest BCUT2D eigenvalue weighted by molar-refractivity contribution is 0.127. The Morgan fingerprint density at radius 3 is 2.96 bits per heavy atom. The van der Waals surface area contributed by atoms with E-state index in [4.69, 9.17) is 4.74 Å². The zero-order valence-corrected chi connectivity index (χ0v) is 14.5. The molecule has 0 aromatic carbocycles. The summed E-state index contributed by atoms with van der Waals surface area (Å²) >= 11 is 1.56. The van der Waals surface area contributed by atoms with Crippen LogP contribution in [-0.4, -0.2) is 59.2 Å². The van der Waals surface area contributed by atoms with E-state index in [-0.39, 0.29) is 23.6 Å². The zero-order chi connectivity index (χ0) is 16.6. The van der Waals surface area contributed by atoms with Gasteiger partial charge in [0.05, 0.1) is 18.3 Å². The summed E-state index contributed by atoms with van der Waals surface area (Å²) in [7, 11) is 0. The molecule has 23 heavy (non-hydrogen) atoms. The molecule has 2 aliphatic rings. The van der Waals surface area contributed by atoms with Crippen molar-refractivity contribution in [2.24, 2.45) is 0 Å². The van der Waals surface area contributed by atoms with E-state index in [1.807, 2.05) is 5.38 Å². The molecule has 2 aliphatic heterocycles. The second kappa shape index (κ2) is 5.99. The van der Waals surface area contributed by atoms with Crippen molar-refractivity contribution < 1.29 is 14.3 Å². The number of hydrogen-bond acceptors (Lipinski definition) is 5. The topological polar surface area (TPSA) is 74.8 Å². The number of fused-ring (bicyclic) bond motifs is 1. The van der Waals surface area contributed by atoms with Gasteiger partial charge in [0.15, 0.2) is 0 Å². The van der Waals surface area contributed by atoms with Crippen LogP contribution in [0, 0.1) is 0 Å². The molecular formula is C15H22N4O3S. The Morgan fingerprint density at radius 2 is 2.26 bits per heavy atom. The molecule has 8 heteroatoms. The number of carbonyl (C=O) groups is 2. The van der Waals surface area contributed by atoms with E-state index in [1.54, 1.807) is 21.1 Å². The first kappa shape index (κ1) is 16.0. The van der Waals surface area contributed by atoms with E-state index in [0.29, 0.717) is 32.8 Å². The van der Waals surface area contributed by atoms with Gasteiger partial charge in [0.2, 0.25) is 0 Å². The van der Waals surface area contributed by atoms with Crippen LogP contribution in [0.2, 0.25) is 0 Å². The molecule has 0 aliphatic carbocycles. The normalized spacial score (nSPS) is 21.2. The molecular weight excluding hydrogens is 316 g/mol. The Kier molecular flexibility index (Phi) is 4.18. The summed E-state index contributed by atoms with van der Waals surface area (Å²) in [4.78, 5) is 31.8. The molecule has 0 bridgehead atoms. The van der Waals surface area contributed by atoms with E-state index >= 15 is 0 Å². The third-order valence-electron chi connectivity index (χ3n) is 4.11. The quantitative estimate of drug-likeness (QED) is 0.892. The van der Waals surface area contributed by atoms with E-state index < -0.39 is 0 Å². The maximum Gasteiger partial charge on any atom is 0.410 e. The summed E-state index contributed by atoms with van der Waals surface area (Å²) in [6.45, 7) is 8.73. The smallest absolute Gasteiger partial charge is 0.410 e. The Balaban J connectivity index is 1.52. The maximum absolute atomic E-state index is 12.3. The lowest BCUT2D eigenvalue weighted by Crippen LogP contribution is -2.55. The average molecular weight is 338 g/mol. The zero-order valence-electron chi connectivity index (χ0n) is 13.7. The van der Waals surface area contributed by atoms with Gasteiger partial charge in [-0.15, -0.1) is 11.3 Å². The predicted molar refractivity (Wildman–Crippen MR) is 86.5 cm³/mol. The largest absolute Gasteiger partial charge is 0.447 e. The number of carbonyl (C=O) groups excluding carboxylic acids is 2. The number of aromatic nitrogens is 1. The van der Waals surface area contributed by atoms with Crippen LogP contribution >= 0.6 is 11.3 Å². The summed E-state index contributed by atoms with van der Waals surface area (Å²) in [6, 6.07) is -0.133. The van der Waals surface area contributed by atoms with Gasteiger partial charge in [-0.2, -0.15) is 0 Å². The minimum absolute atomic E-state index is 0.0180. The molecule has 2 fully saturated rings. The molecule has 0 radical (unpaired) electrons. The molecule has 1 N–H and O–H groups in total. The molecule has 0 unspecified atom stereocenters. The molecule has 3 amide bonds. The first-order valence-electron chi connectivity index (χ1n) is 7.75. The molecule has 1 aromatic heterocycles. The first-order valence-corrected chi connectivity index (χ1v) is 8.63. The molecule has 126 valence electrons. The Labute approximate surface area is 139 Å². The Hall–Kier alpha value is -1.83. The maximum atomic E-state index is 12.3. The molecule has 7 nitrogen and oxygen atoms in total. The first-order chi connectivity index (χ1) is 10.8. The van der Waals surface area contributed by atoms with Crippen molar-refractivity contribution in [1.29, 1.82) is 0 Å². The van der Waals surface area contributed by atoms with E-state index in [1.165, 1.54) is 0 Å². The second-order valence-electron chi connectivity index (χ2n) is 6.91. The van der Waals surface area contributed by atoms with Gasteiger partial charge in [-0.3, -0.25) is 4.90 Å². The van der Waals surface area contributed by atoms with Gasteiger partial charge in [0.25, 0.3) is 0 Å². The number of amides is 3. The monoisotopic (exact) mass is 338 g/mol. The molecule has 2 saturated heterocycles. The van der Waals surface area contributed by atoms with Crippen molar-refractivity contribution in [3.63, 3.8) is 0 Å². The van der Waals surface area contributed by atoms with Crippen LogP contribution in [-0.2, 0) is 16.7 Å². The fourth-order valence-electron chi connectivity index (χ4n) is 2.67. The molecule has 0 saturated carbocycles. The van der Waals surface area contributed by atoms with Crippen molar-refractivity contribution in [3.8, 4) is 0 Å². The number of rotatable bonds is 2. The summed E-state index contributed by atoms with van der Waals surface area (Å²) < 4.78 is 5.01. The predicted octanol–water partition coefficient (Wildman–Crippen LogP) is 1.79. The Bertz CT molecular complexity index is 610. The highest BCUT2D eigenvalue weighted by molar-refractivity contribution is 7.09. The lowest BCUT2D eigenvalue weighted by Gasteiger charge is -2.35. The summed E-state index contributed by atoms with van der Waals surface area (Å²) in [5.41, 5.74) is 1.06. The van der Waals surface area contributed by atoms with Gasteiger partial charge in [-0.1, -0.05) is 20.8 Å². The van der Waals surface area contributed by atoms with Crippen LogP contribution in [0.3, 0.4) is 0 Å². The number of piperazine rings is 1. The van der Waals surface area contributed by atoms with E-state index in [2.05, 4.69) is 31.1 Å². The summed E-state index contributed by atoms with van der Waals surface area (Å²) in [5, 5.41) is 5.86. The minimum Gasteiger partial charge on any atom is -0.447 e. The molecule has 1 atom stereocenters. The molecule has 0 spiro atoms. The van der Waals surface area contributed by atoms with Crippen LogP contribution in [0.1, 0.15) is 31.5 Å². The number of thiazole rings is 1. The van der Waals surface area contributed by atoms with Crippen LogP contribution in [0.5, 0.6) is 0 Å². The van der Waals surface area contributed by atoms with Crippen LogP contribution in [0.25, 0.3) is 0 Å². The van der Waals surface area contributed by atoms with Gasteiger partial charge < -0.3 is 15.0 Å². The molecule has 1 aromatic rings. The highest BCUT2D eigenvalue weighted by Crippen LogP contribution is 2.24. The third-order valence-corrected chi connectivity index (χ3v) is 4.96. The average Bonchev–Trinajstić information content (AvgIpc) is 3.11. The fourth-order valence-corrected chi connectivity index (χ4v) is 3.63. The van der Waals surface area contributed by atoms with Crippen molar-refractivity contribution in [3.05, 3.63) is 16.1 Å². The highest BCUT2D eigenvalue weighted by Gasteiger charge is 2.38. The Morgan fingerprint density at radius 1 is 1.48 bits per heavy atom. The van der Waals surface area contributed by atoms with E-state index in [0.717, 1.165) is 10.7 Å². The van der Waals surface area contributed by atoms with Gasteiger partial charge >= 0.3 is 12.1 Å². The van der Waals surface area contributed by atoms with Crippen molar-refractivity contribution in [2.45, 2.75) is 38.8 Å². The summed E-state index contributed by atoms with van der Waals surface area (Å²) in [6.07, 6.45) is -0.271. The number of nitrogens with zero attached hydrogens (tertiary/aromatic N) is 3. The van der Waals surface area contributed by atoms with Crippen molar-refractivity contribution >= 4 is 23.5 Å². The van der Waals surface area contributed by atoms with Crippen LogP contribution in [0.15, 0.2) is 5.38 Å². The van der Waals surface area contributed by atoms with Crippen molar-refractivity contribution in [2.75, 3.05) is 26.2 Å². The number of cyclic esters (lactones) is 1. The molecule has 3 rings (SSSR count). The van der Waals surface area contributed by atoms with Crippen LogP contribution < -0.4 is 5.32 Å². The van der Waals surface area contributed by atoms with E-state index in [9.17, 15) is 9.59 Å². The standard InChI is InChI=1S/C15H22N4O3S/c1-15(2,3)11-9-23-12(17-11)6-16-13(20)18-4-5-19-10(7-18)8-22-14(19)21/h9-10H,4-8H2,1-3H3,(H,16,20)/t10-/m0/s1. The number of nitrogens with one attached hydrogen (secondary N) is 1. The third kappa shape index (κ3) is 3.41. The van der Waals surface area contributed by atoms with Gasteiger partial charge in [-0.05, 0) is 0 Å². The molecule has 3 heterocycles. The summed E-state index contributed by atoms with van der Waals surface area (Å²) in [5.74, 6) is 0. The minimum atomic E-state index is -0.271. The number of ether oxygens (including phenoxy) is 1. The lowest BCUT2D eigenvalue weighted by atomic mass is 9.93. The van der Waals surface area contributed by atoms with Gasteiger partial charge in [-0.25, -0.2) is 14.6 Å². The van der Waals surface area contributed by atoms with Crippen molar-refractivity contribution in [1.82, 2.24) is 20.1 Å². The second-order valence-corrected chi connectivity index (χ2v) is 7.85. The number of hydrogen-bond donors (Lipinski definition) is 1.